The van der Waals surface area contributed by atoms with Gasteiger partial charge in [0.1, 0.15) is 11.3 Å². The third-order valence-electron chi connectivity index (χ3n) is 3.90. The first kappa shape index (κ1) is 12.7. The summed E-state index contributed by atoms with van der Waals surface area (Å²) in [6.45, 7) is 4.51. The third kappa shape index (κ3) is 2.67. The van der Waals surface area contributed by atoms with Gasteiger partial charge in [-0.25, -0.2) is 0 Å². The molecular weight excluding hydrogens is 236 g/mol. The Morgan fingerprint density at radius 3 is 2.95 bits per heavy atom. The molecule has 0 radical (unpaired) electrons. The summed E-state index contributed by atoms with van der Waals surface area (Å²) in [6.07, 6.45) is 2.28. The fraction of sp³-hybridized carbons (Fsp3) is 0.500. The first-order valence-electron chi connectivity index (χ1n) is 7.10. The number of rotatable bonds is 4. The maximum atomic E-state index is 5.95. The maximum absolute atomic E-state index is 5.95. The number of hydrogen-bond acceptors (Lipinski definition) is 3. The van der Waals surface area contributed by atoms with Crippen LogP contribution in [0.2, 0.25) is 0 Å². The summed E-state index contributed by atoms with van der Waals surface area (Å²) in [7, 11) is 4.27. The van der Waals surface area contributed by atoms with Crippen LogP contribution >= 0.6 is 0 Å². The van der Waals surface area contributed by atoms with Crippen LogP contribution in [-0.4, -0.2) is 43.5 Å². The van der Waals surface area contributed by atoms with Crippen molar-refractivity contribution >= 4 is 11.0 Å². The molecule has 0 fully saturated rings. The molecule has 3 heteroatoms. The van der Waals surface area contributed by atoms with Crippen molar-refractivity contribution in [1.82, 2.24) is 9.80 Å². The second kappa shape index (κ2) is 5.35. The molecule has 0 amide bonds. The van der Waals surface area contributed by atoms with E-state index in [0.29, 0.717) is 0 Å². The normalized spacial score (nSPS) is 16.2. The minimum atomic E-state index is 1.04. The minimum absolute atomic E-state index is 1.04. The van der Waals surface area contributed by atoms with E-state index in [4.69, 9.17) is 4.42 Å². The van der Waals surface area contributed by atoms with E-state index in [-0.39, 0.29) is 0 Å². The van der Waals surface area contributed by atoms with Gasteiger partial charge in [-0.15, -0.1) is 0 Å². The third-order valence-corrected chi connectivity index (χ3v) is 3.90. The quantitative estimate of drug-likeness (QED) is 0.840. The Balaban J connectivity index is 1.72. The van der Waals surface area contributed by atoms with E-state index in [1.165, 1.54) is 29.7 Å². The van der Waals surface area contributed by atoms with Crippen molar-refractivity contribution in [3.8, 4) is 0 Å². The average Bonchev–Trinajstić information content (AvgIpc) is 2.76. The van der Waals surface area contributed by atoms with Gasteiger partial charge in [0.2, 0.25) is 0 Å². The summed E-state index contributed by atoms with van der Waals surface area (Å²) in [5.74, 6) is 1.20. The fourth-order valence-electron chi connectivity index (χ4n) is 2.89. The molecule has 1 aromatic carbocycles. The van der Waals surface area contributed by atoms with Crippen molar-refractivity contribution in [3.05, 3.63) is 35.6 Å². The van der Waals surface area contributed by atoms with Gasteiger partial charge in [0, 0.05) is 30.5 Å². The van der Waals surface area contributed by atoms with Gasteiger partial charge in [0.15, 0.2) is 0 Å². The number of fused-ring (bicyclic) bond motifs is 3. The van der Waals surface area contributed by atoms with Gasteiger partial charge in [-0.05, 0) is 39.7 Å². The molecule has 0 bridgehead atoms. The number of para-hydroxylation sites is 1. The van der Waals surface area contributed by atoms with E-state index >= 15 is 0 Å². The summed E-state index contributed by atoms with van der Waals surface area (Å²) in [4.78, 5) is 4.80. The van der Waals surface area contributed by atoms with Gasteiger partial charge in [-0.2, -0.15) is 0 Å². The second-order valence-corrected chi connectivity index (χ2v) is 5.68. The van der Waals surface area contributed by atoms with Gasteiger partial charge < -0.3 is 9.32 Å². The van der Waals surface area contributed by atoms with Crippen molar-refractivity contribution in [3.63, 3.8) is 0 Å². The Hall–Kier alpha value is -1.32. The molecule has 2 heterocycles. The molecule has 3 rings (SSSR count). The molecule has 19 heavy (non-hydrogen) atoms. The molecule has 1 aliphatic heterocycles. The van der Waals surface area contributed by atoms with E-state index in [0.717, 1.165) is 31.6 Å². The first-order valence-corrected chi connectivity index (χ1v) is 7.10. The molecule has 3 nitrogen and oxygen atoms in total. The highest BCUT2D eigenvalue weighted by molar-refractivity contribution is 5.82. The largest absolute Gasteiger partial charge is 0.461 e. The fourth-order valence-corrected chi connectivity index (χ4v) is 2.89. The van der Waals surface area contributed by atoms with Gasteiger partial charge in [-0.1, -0.05) is 18.2 Å². The summed E-state index contributed by atoms with van der Waals surface area (Å²) >= 11 is 0. The summed E-state index contributed by atoms with van der Waals surface area (Å²) in [5, 5.41) is 1.30. The molecule has 0 atom stereocenters. The highest BCUT2D eigenvalue weighted by Crippen LogP contribution is 2.30. The van der Waals surface area contributed by atoms with Gasteiger partial charge in [0.25, 0.3) is 0 Å². The van der Waals surface area contributed by atoms with Crippen LogP contribution in [0.3, 0.4) is 0 Å². The highest BCUT2D eigenvalue weighted by atomic mass is 16.3. The van der Waals surface area contributed by atoms with Crippen molar-refractivity contribution in [2.75, 3.05) is 33.7 Å². The summed E-state index contributed by atoms with van der Waals surface area (Å²) in [5.41, 5.74) is 2.45. The number of furan rings is 1. The number of benzene rings is 1. The van der Waals surface area contributed by atoms with E-state index in [2.05, 4.69) is 42.1 Å². The second-order valence-electron chi connectivity index (χ2n) is 5.68. The molecule has 0 spiro atoms. The van der Waals surface area contributed by atoms with E-state index < -0.39 is 0 Å². The lowest BCUT2D eigenvalue weighted by atomic mass is 10.0. The zero-order valence-corrected chi connectivity index (χ0v) is 11.9. The zero-order valence-electron chi connectivity index (χ0n) is 11.9. The molecule has 1 aromatic heterocycles. The Labute approximate surface area is 114 Å². The van der Waals surface area contributed by atoms with Crippen LogP contribution < -0.4 is 0 Å². The molecular formula is C16H22N2O. The molecule has 0 saturated carbocycles. The molecule has 0 unspecified atom stereocenters. The Kier molecular flexibility index (Phi) is 3.58. The first-order chi connectivity index (χ1) is 9.24. The van der Waals surface area contributed by atoms with Gasteiger partial charge in [0.05, 0.1) is 0 Å². The molecule has 1 aliphatic rings. The molecule has 0 aliphatic carbocycles. The zero-order chi connectivity index (χ0) is 13.2. The SMILES string of the molecule is CN(C)CCCN1CCc2oc3ccccc3c2C1. The van der Waals surface area contributed by atoms with Crippen LogP contribution in [0.5, 0.6) is 0 Å². The minimum Gasteiger partial charge on any atom is -0.461 e. The summed E-state index contributed by atoms with van der Waals surface area (Å²) in [6, 6.07) is 8.40. The van der Waals surface area contributed by atoms with Crippen LogP contribution in [0.4, 0.5) is 0 Å². The van der Waals surface area contributed by atoms with Crippen molar-refractivity contribution in [1.29, 1.82) is 0 Å². The maximum Gasteiger partial charge on any atom is 0.134 e. The summed E-state index contributed by atoms with van der Waals surface area (Å²) < 4.78 is 5.95. The lowest BCUT2D eigenvalue weighted by Crippen LogP contribution is -2.32. The topological polar surface area (TPSA) is 19.6 Å². The monoisotopic (exact) mass is 258 g/mol. The predicted molar refractivity (Wildman–Crippen MR) is 78.4 cm³/mol. The van der Waals surface area contributed by atoms with E-state index in [1.54, 1.807) is 0 Å². The van der Waals surface area contributed by atoms with E-state index in [9.17, 15) is 0 Å². The highest BCUT2D eigenvalue weighted by Gasteiger charge is 2.21. The van der Waals surface area contributed by atoms with E-state index in [1.807, 2.05) is 6.07 Å². The Morgan fingerprint density at radius 2 is 2.11 bits per heavy atom. The standard InChI is InChI=1S/C16H22N2O/c1-17(2)9-5-10-18-11-8-16-14(12-18)13-6-3-4-7-15(13)19-16/h3-4,6-7H,5,8-12H2,1-2H3. The molecule has 2 aromatic rings. The predicted octanol–water partition coefficient (Wildman–Crippen LogP) is 2.74. The van der Waals surface area contributed by atoms with Crippen molar-refractivity contribution < 1.29 is 4.42 Å². The lowest BCUT2D eigenvalue weighted by Gasteiger charge is -2.26. The number of nitrogens with zero attached hydrogens (tertiary/aromatic N) is 2. The lowest BCUT2D eigenvalue weighted by molar-refractivity contribution is 0.230. The average molecular weight is 258 g/mol. The molecule has 0 N–H and O–H groups in total. The van der Waals surface area contributed by atoms with Crippen molar-refractivity contribution in [2.24, 2.45) is 0 Å². The van der Waals surface area contributed by atoms with Crippen molar-refractivity contribution in [2.45, 2.75) is 19.4 Å². The van der Waals surface area contributed by atoms with Crippen LogP contribution in [0.25, 0.3) is 11.0 Å². The number of hydrogen-bond donors (Lipinski definition) is 0. The van der Waals surface area contributed by atoms with Gasteiger partial charge in [-0.3, -0.25) is 4.90 Å². The van der Waals surface area contributed by atoms with Crippen LogP contribution in [0.1, 0.15) is 17.7 Å². The van der Waals surface area contributed by atoms with Crippen LogP contribution in [0.15, 0.2) is 28.7 Å². The Bertz CT molecular complexity index is 559. The van der Waals surface area contributed by atoms with Crippen LogP contribution in [0, 0.1) is 0 Å². The van der Waals surface area contributed by atoms with Crippen LogP contribution in [-0.2, 0) is 13.0 Å². The van der Waals surface area contributed by atoms with Gasteiger partial charge >= 0.3 is 0 Å². The molecule has 0 saturated heterocycles. The molecule has 102 valence electrons. The Morgan fingerprint density at radius 1 is 1.26 bits per heavy atom. The smallest absolute Gasteiger partial charge is 0.134 e.